The monoisotopic (exact) mass is 672 g/mol. The Balaban J connectivity index is 0.925. The minimum Gasteiger partial charge on any atom is -0.372 e. The molecule has 1 atom stereocenters. The maximum absolute atomic E-state index is 13.4. The van der Waals surface area contributed by atoms with Crippen molar-refractivity contribution in [3.8, 4) is 0 Å². The summed E-state index contributed by atoms with van der Waals surface area (Å²) in [6.45, 7) is 3.97. The van der Waals surface area contributed by atoms with E-state index in [4.69, 9.17) is 0 Å². The summed E-state index contributed by atoms with van der Waals surface area (Å²) in [6, 6.07) is 8.97. The molecule has 3 fully saturated rings. The van der Waals surface area contributed by atoms with Crippen molar-refractivity contribution in [1.29, 1.82) is 0 Å². The fraction of sp³-hybridized carbons (Fsp3) is 0.543. The molecular formula is C35H44N8O6. The number of likely N-dealkylation sites (N-methyl/N-ethyl adjacent to an activating group) is 1. The van der Waals surface area contributed by atoms with Crippen LogP contribution in [0.4, 0.5) is 11.4 Å². The lowest BCUT2D eigenvalue weighted by molar-refractivity contribution is -0.384. The number of carbonyl (C=O) groups excluding carboxylic acids is 3. The average Bonchev–Trinajstić information content (AvgIpc) is 3.50. The number of para-hydroxylation sites is 1. The fourth-order valence-electron chi connectivity index (χ4n) is 8.42. The number of imidazole rings is 1. The number of imide groups is 1. The number of hydrogen-bond donors (Lipinski definition) is 1. The molecule has 260 valence electrons. The number of aryl methyl sites for hydroxylation is 1. The van der Waals surface area contributed by atoms with Crippen molar-refractivity contribution in [2.45, 2.75) is 69.7 Å². The first-order valence-electron chi connectivity index (χ1n) is 17.2. The average molecular weight is 673 g/mol. The number of anilines is 1. The van der Waals surface area contributed by atoms with Crippen molar-refractivity contribution >= 4 is 40.1 Å². The van der Waals surface area contributed by atoms with E-state index in [2.05, 4.69) is 22.2 Å². The Hall–Kier alpha value is -4.56. The van der Waals surface area contributed by atoms with E-state index in [0.717, 1.165) is 62.0 Å². The Morgan fingerprint density at radius 2 is 1.73 bits per heavy atom. The zero-order valence-electron chi connectivity index (χ0n) is 28.6. The Labute approximate surface area is 284 Å². The molecule has 2 saturated heterocycles. The van der Waals surface area contributed by atoms with Crippen LogP contribution < -0.4 is 15.9 Å². The quantitative estimate of drug-likeness (QED) is 0.206. The summed E-state index contributed by atoms with van der Waals surface area (Å²) < 4.78 is 3.15. The zero-order chi connectivity index (χ0) is 34.7. The summed E-state index contributed by atoms with van der Waals surface area (Å²) in [4.78, 5) is 70.7. The van der Waals surface area contributed by atoms with Gasteiger partial charge in [0.05, 0.1) is 16.0 Å². The van der Waals surface area contributed by atoms with Crippen LogP contribution in [0.2, 0.25) is 0 Å². The van der Waals surface area contributed by atoms with E-state index < -0.39 is 11.9 Å². The molecule has 49 heavy (non-hydrogen) atoms. The van der Waals surface area contributed by atoms with Crippen LogP contribution in [0.25, 0.3) is 11.0 Å². The van der Waals surface area contributed by atoms with Crippen molar-refractivity contribution in [3.63, 3.8) is 0 Å². The number of nitro groups is 1. The van der Waals surface area contributed by atoms with E-state index in [1.165, 1.54) is 4.57 Å². The summed E-state index contributed by atoms with van der Waals surface area (Å²) in [5.74, 6) is -0.209. The van der Waals surface area contributed by atoms with Crippen molar-refractivity contribution in [1.82, 2.24) is 29.2 Å². The number of hydrogen-bond acceptors (Lipinski definition) is 9. The van der Waals surface area contributed by atoms with E-state index in [1.807, 2.05) is 23.1 Å². The molecule has 0 spiro atoms. The highest BCUT2D eigenvalue weighted by Crippen LogP contribution is 2.38. The molecule has 1 aromatic heterocycles. The lowest BCUT2D eigenvalue weighted by Crippen LogP contribution is -2.58. The highest BCUT2D eigenvalue weighted by molar-refractivity contribution is 6.01. The maximum Gasteiger partial charge on any atom is 0.329 e. The smallest absolute Gasteiger partial charge is 0.329 e. The minimum atomic E-state index is -0.700. The first kappa shape index (κ1) is 33.0. The van der Waals surface area contributed by atoms with Gasteiger partial charge in [-0.25, -0.2) is 4.79 Å². The predicted molar refractivity (Wildman–Crippen MR) is 183 cm³/mol. The first-order chi connectivity index (χ1) is 23.4. The summed E-state index contributed by atoms with van der Waals surface area (Å²) in [5, 5.41) is 14.0. The zero-order valence-corrected chi connectivity index (χ0v) is 28.6. The number of piperidine rings is 1. The molecule has 4 aliphatic rings. The summed E-state index contributed by atoms with van der Waals surface area (Å²) in [6.07, 6.45) is 4.45. The number of fused-ring (bicyclic) bond motifs is 2. The highest BCUT2D eigenvalue weighted by Gasteiger charge is 2.38. The molecule has 0 radical (unpaired) electrons. The van der Waals surface area contributed by atoms with Crippen LogP contribution >= 0.6 is 0 Å². The number of nitrogens with zero attached hydrogens (tertiary/aromatic N) is 7. The Morgan fingerprint density at radius 1 is 1.00 bits per heavy atom. The van der Waals surface area contributed by atoms with Gasteiger partial charge in [-0.2, -0.15) is 0 Å². The number of nitrogens with one attached hydrogen (secondary N) is 1. The van der Waals surface area contributed by atoms with E-state index in [-0.39, 0.29) is 40.6 Å². The SMILES string of the molecule is CN(C)c1cc2c(cc1[N+](=O)[O-])CN(C1CCC(CN(C)C3CN(Cc4cccc5c4n(C)c(=O)n5C4CCC(=O)NC4=O)C3)CC1)C2=O. The molecule has 3 aromatic rings. The van der Waals surface area contributed by atoms with Crippen molar-refractivity contribution in [3.05, 3.63) is 67.6 Å². The molecule has 3 aliphatic heterocycles. The molecule has 14 heteroatoms. The lowest BCUT2D eigenvalue weighted by atomic mass is 9.84. The second-order valence-corrected chi connectivity index (χ2v) is 14.5. The summed E-state index contributed by atoms with van der Waals surface area (Å²) >= 11 is 0. The molecule has 7 rings (SSSR count). The fourth-order valence-corrected chi connectivity index (χ4v) is 8.42. The molecule has 1 aliphatic carbocycles. The van der Waals surface area contributed by atoms with Gasteiger partial charge in [-0.3, -0.25) is 43.8 Å². The second kappa shape index (κ2) is 12.7. The van der Waals surface area contributed by atoms with Gasteiger partial charge in [0.1, 0.15) is 11.7 Å². The van der Waals surface area contributed by atoms with Crippen molar-refractivity contribution in [2.75, 3.05) is 45.7 Å². The Bertz CT molecular complexity index is 1900. The van der Waals surface area contributed by atoms with Crippen LogP contribution in [-0.2, 0) is 29.7 Å². The van der Waals surface area contributed by atoms with Gasteiger partial charge in [0.2, 0.25) is 11.8 Å². The van der Waals surface area contributed by atoms with E-state index in [0.29, 0.717) is 48.2 Å². The largest absolute Gasteiger partial charge is 0.372 e. The Kier molecular flexibility index (Phi) is 8.55. The van der Waals surface area contributed by atoms with E-state index in [1.54, 1.807) is 42.7 Å². The van der Waals surface area contributed by atoms with E-state index >= 15 is 0 Å². The third-order valence-corrected chi connectivity index (χ3v) is 11.2. The van der Waals surface area contributed by atoms with Gasteiger partial charge in [0.15, 0.2) is 0 Å². The number of carbonyl (C=O) groups is 3. The molecule has 1 saturated carbocycles. The summed E-state index contributed by atoms with van der Waals surface area (Å²) in [7, 11) is 7.43. The normalized spacial score (nSPS) is 23.2. The number of rotatable bonds is 9. The van der Waals surface area contributed by atoms with Crippen LogP contribution in [0, 0.1) is 16.0 Å². The second-order valence-electron chi connectivity index (χ2n) is 14.5. The van der Waals surface area contributed by atoms with Gasteiger partial charge >= 0.3 is 5.69 Å². The standard InChI is InChI=1S/C35H44N8O6/c1-37(2)29-15-26-23(14-30(29)43(48)49)18-41(34(26)46)24-10-8-21(9-11-24)16-38(3)25-19-40(20-25)17-22-6-5-7-27-32(22)39(4)35(47)42(27)28-12-13-31(44)36-33(28)45/h5-7,14-15,21,24-25,28H,8-13,16-20H2,1-4H3,(H,36,44,45). The molecule has 0 bridgehead atoms. The van der Waals surface area contributed by atoms with Gasteiger partial charge in [-0.15, -0.1) is 0 Å². The number of nitro benzene ring substituents is 1. The number of likely N-dealkylation sites (tertiary alicyclic amines) is 1. The summed E-state index contributed by atoms with van der Waals surface area (Å²) in [5.41, 5.74) is 4.12. The van der Waals surface area contributed by atoms with Gasteiger partial charge in [-0.1, -0.05) is 12.1 Å². The molecule has 2 aromatic carbocycles. The van der Waals surface area contributed by atoms with E-state index in [9.17, 15) is 29.3 Å². The Morgan fingerprint density at radius 3 is 2.41 bits per heavy atom. The molecule has 3 amide bonds. The first-order valence-corrected chi connectivity index (χ1v) is 17.2. The topological polar surface area (TPSA) is 146 Å². The van der Waals surface area contributed by atoms with Gasteiger partial charge in [0, 0.05) is 84.0 Å². The molecular weight excluding hydrogens is 628 g/mol. The number of benzene rings is 2. The van der Waals surface area contributed by atoms with Gasteiger partial charge in [-0.05, 0) is 68.3 Å². The highest BCUT2D eigenvalue weighted by atomic mass is 16.6. The third-order valence-electron chi connectivity index (χ3n) is 11.2. The molecule has 4 heterocycles. The third kappa shape index (κ3) is 5.90. The van der Waals surface area contributed by atoms with Crippen LogP contribution in [0.5, 0.6) is 0 Å². The van der Waals surface area contributed by atoms with Crippen LogP contribution in [0.1, 0.15) is 66.1 Å². The van der Waals surface area contributed by atoms with Crippen LogP contribution in [0.3, 0.4) is 0 Å². The minimum absolute atomic E-state index is 0.0218. The van der Waals surface area contributed by atoms with Gasteiger partial charge < -0.3 is 14.7 Å². The molecule has 14 nitrogen and oxygen atoms in total. The lowest BCUT2D eigenvalue weighted by Gasteiger charge is -2.46. The van der Waals surface area contributed by atoms with Crippen LogP contribution in [-0.4, -0.2) is 99.3 Å². The van der Waals surface area contributed by atoms with Crippen LogP contribution in [0.15, 0.2) is 35.1 Å². The van der Waals surface area contributed by atoms with Crippen molar-refractivity contribution < 1.29 is 19.3 Å². The molecule has 1 unspecified atom stereocenters. The van der Waals surface area contributed by atoms with Gasteiger partial charge in [0.25, 0.3) is 11.6 Å². The number of aromatic nitrogens is 2. The van der Waals surface area contributed by atoms with Crippen molar-refractivity contribution in [2.24, 2.45) is 13.0 Å². The predicted octanol–water partition coefficient (Wildman–Crippen LogP) is 2.62. The number of amides is 3. The maximum atomic E-state index is 13.4. The molecule has 1 N–H and O–H groups in total.